The first-order valence-electron chi connectivity index (χ1n) is 5.15. The first kappa shape index (κ1) is 12.5. The fourth-order valence-electron chi connectivity index (χ4n) is 1.26. The van der Waals surface area contributed by atoms with E-state index in [-0.39, 0.29) is 5.91 Å². The van der Waals surface area contributed by atoms with E-state index >= 15 is 0 Å². The van der Waals surface area contributed by atoms with Crippen LogP contribution < -0.4 is 5.32 Å². The highest BCUT2D eigenvalue weighted by atomic mass is 35.5. The minimum absolute atomic E-state index is 0.126. The Hall–Kier alpha value is -1.53. The number of hydrogen-bond acceptors (Lipinski definition) is 2. The van der Waals surface area contributed by atoms with Crippen molar-refractivity contribution in [1.82, 2.24) is 5.32 Å². The van der Waals surface area contributed by atoms with E-state index in [0.29, 0.717) is 23.6 Å². The van der Waals surface area contributed by atoms with Crippen molar-refractivity contribution in [1.29, 1.82) is 5.26 Å². The van der Waals surface area contributed by atoms with E-state index in [9.17, 15) is 4.79 Å². The fourth-order valence-corrected chi connectivity index (χ4v) is 1.45. The third-order valence-corrected chi connectivity index (χ3v) is 2.32. The molecule has 16 heavy (non-hydrogen) atoms. The Morgan fingerprint density at radius 1 is 1.44 bits per heavy atom. The van der Waals surface area contributed by atoms with Gasteiger partial charge in [-0.05, 0) is 31.0 Å². The summed E-state index contributed by atoms with van der Waals surface area (Å²) in [5.74, 6) is -0.126. The second kappa shape index (κ2) is 6.86. The lowest BCUT2D eigenvalue weighted by Crippen LogP contribution is -2.24. The summed E-state index contributed by atoms with van der Waals surface area (Å²) in [7, 11) is 0. The van der Waals surface area contributed by atoms with Crippen LogP contribution in [0.4, 0.5) is 0 Å². The first-order valence-corrected chi connectivity index (χ1v) is 5.52. The third-order valence-electron chi connectivity index (χ3n) is 2.09. The van der Waals surface area contributed by atoms with Crippen molar-refractivity contribution < 1.29 is 4.79 Å². The first-order chi connectivity index (χ1) is 7.74. The number of carbonyl (C=O) groups excluding carboxylic acids is 1. The molecule has 0 unspecified atom stereocenters. The van der Waals surface area contributed by atoms with Crippen LogP contribution in [-0.4, -0.2) is 12.5 Å². The third kappa shape index (κ3) is 4.33. The number of carbonyl (C=O) groups is 1. The number of halogens is 1. The van der Waals surface area contributed by atoms with Gasteiger partial charge < -0.3 is 5.32 Å². The van der Waals surface area contributed by atoms with Crippen LogP contribution in [0, 0.1) is 11.3 Å². The Balaban J connectivity index is 2.33. The zero-order valence-electron chi connectivity index (χ0n) is 8.87. The van der Waals surface area contributed by atoms with E-state index in [1.807, 2.05) is 0 Å². The molecule has 84 valence electrons. The molecular formula is C12H13ClN2O. The van der Waals surface area contributed by atoms with Crippen LogP contribution in [0.3, 0.4) is 0 Å². The molecule has 0 heterocycles. The smallest absolute Gasteiger partial charge is 0.251 e. The summed E-state index contributed by atoms with van der Waals surface area (Å²) in [6, 6.07) is 8.89. The van der Waals surface area contributed by atoms with Gasteiger partial charge in [0.25, 0.3) is 5.91 Å². The predicted molar refractivity (Wildman–Crippen MR) is 63.2 cm³/mol. The quantitative estimate of drug-likeness (QED) is 0.800. The molecule has 1 rings (SSSR count). The number of nitrogens with one attached hydrogen (secondary N) is 1. The van der Waals surface area contributed by atoms with Crippen LogP contribution in [0.2, 0.25) is 5.02 Å². The van der Waals surface area contributed by atoms with Crippen molar-refractivity contribution in [2.24, 2.45) is 0 Å². The number of hydrogen-bond donors (Lipinski definition) is 1. The van der Waals surface area contributed by atoms with Gasteiger partial charge in [0.05, 0.1) is 6.07 Å². The van der Waals surface area contributed by atoms with Crippen LogP contribution in [-0.2, 0) is 0 Å². The fraction of sp³-hybridized carbons (Fsp3) is 0.333. The average molecular weight is 237 g/mol. The molecule has 1 N–H and O–H groups in total. The van der Waals surface area contributed by atoms with E-state index in [0.717, 1.165) is 12.8 Å². The van der Waals surface area contributed by atoms with Crippen molar-refractivity contribution in [2.45, 2.75) is 19.3 Å². The molecule has 1 aromatic rings. The highest BCUT2D eigenvalue weighted by molar-refractivity contribution is 6.30. The number of amides is 1. The maximum Gasteiger partial charge on any atom is 0.251 e. The van der Waals surface area contributed by atoms with Gasteiger partial charge in [0.15, 0.2) is 0 Å². The molecule has 0 aliphatic heterocycles. The molecule has 0 aliphatic carbocycles. The van der Waals surface area contributed by atoms with Gasteiger partial charge in [-0.15, -0.1) is 0 Å². The maximum atomic E-state index is 11.6. The standard InChI is InChI=1S/C12H13ClN2O/c13-11-6-4-5-10(9-11)12(16)15-8-3-1-2-7-14/h4-6,9H,1-3,8H2,(H,15,16). The normalized spacial score (nSPS) is 9.50. The lowest BCUT2D eigenvalue weighted by atomic mass is 10.2. The van der Waals surface area contributed by atoms with Crippen LogP contribution >= 0.6 is 11.6 Å². The number of unbranched alkanes of at least 4 members (excludes halogenated alkanes) is 2. The number of nitriles is 1. The highest BCUT2D eigenvalue weighted by Crippen LogP contribution is 2.10. The minimum atomic E-state index is -0.126. The van der Waals surface area contributed by atoms with Crippen molar-refractivity contribution in [3.05, 3.63) is 34.9 Å². The van der Waals surface area contributed by atoms with Crippen molar-refractivity contribution in [2.75, 3.05) is 6.54 Å². The van der Waals surface area contributed by atoms with Crippen LogP contribution in [0.1, 0.15) is 29.6 Å². The molecule has 1 amide bonds. The van der Waals surface area contributed by atoms with Gasteiger partial charge in [0, 0.05) is 23.6 Å². The summed E-state index contributed by atoms with van der Waals surface area (Å²) in [6.07, 6.45) is 2.17. The molecule has 0 saturated carbocycles. The molecule has 1 aromatic carbocycles. The molecule has 0 aromatic heterocycles. The summed E-state index contributed by atoms with van der Waals surface area (Å²) < 4.78 is 0. The van der Waals surface area contributed by atoms with Crippen LogP contribution in [0.25, 0.3) is 0 Å². The Morgan fingerprint density at radius 3 is 2.94 bits per heavy atom. The molecule has 3 nitrogen and oxygen atoms in total. The van der Waals surface area contributed by atoms with E-state index in [4.69, 9.17) is 16.9 Å². The minimum Gasteiger partial charge on any atom is -0.352 e. The zero-order valence-corrected chi connectivity index (χ0v) is 9.63. The Bertz CT molecular complexity index is 398. The highest BCUT2D eigenvalue weighted by Gasteiger charge is 2.04. The summed E-state index contributed by atoms with van der Waals surface area (Å²) in [4.78, 5) is 11.6. The van der Waals surface area contributed by atoms with Gasteiger partial charge in [-0.1, -0.05) is 17.7 Å². The SMILES string of the molecule is N#CCCCCNC(=O)c1cccc(Cl)c1. The van der Waals surface area contributed by atoms with E-state index < -0.39 is 0 Å². The van der Waals surface area contributed by atoms with Crippen molar-refractivity contribution >= 4 is 17.5 Å². The Kier molecular flexibility index (Phi) is 5.38. The molecule has 0 radical (unpaired) electrons. The van der Waals surface area contributed by atoms with Crippen molar-refractivity contribution in [3.8, 4) is 6.07 Å². The molecule has 0 bridgehead atoms. The number of rotatable bonds is 5. The van der Waals surface area contributed by atoms with Crippen LogP contribution in [0.15, 0.2) is 24.3 Å². The van der Waals surface area contributed by atoms with E-state index in [2.05, 4.69) is 11.4 Å². The van der Waals surface area contributed by atoms with Crippen molar-refractivity contribution in [3.63, 3.8) is 0 Å². The molecule has 0 spiro atoms. The Morgan fingerprint density at radius 2 is 2.25 bits per heavy atom. The van der Waals surface area contributed by atoms with E-state index in [1.165, 1.54) is 0 Å². The average Bonchev–Trinajstić information content (AvgIpc) is 2.28. The summed E-state index contributed by atoms with van der Waals surface area (Å²) in [5, 5.41) is 11.7. The van der Waals surface area contributed by atoms with Gasteiger partial charge in [-0.2, -0.15) is 5.26 Å². The lowest BCUT2D eigenvalue weighted by Gasteiger charge is -2.04. The summed E-state index contributed by atoms with van der Waals surface area (Å²) in [5.41, 5.74) is 0.563. The topological polar surface area (TPSA) is 52.9 Å². The van der Waals surface area contributed by atoms with Gasteiger partial charge in [-0.3, -0.25) is 4.79 Å². The maximum absolute atomic E-state index is 11.6. The number of benzene rings is 1. The molecule has 0 saturated heterocycles. The number of nitrogens with zero attached hydrogens (tertiary/aromatic N) is 1. The second-order valence-corrected chi connectivity index (χ2v) is 3.82. The van der Waals surface area contributed by atoms with Gasteiger partial charge in [0.2, 0.25) is 0 Å². The molecular weight excluding hydrogens is 224 g/mol. The van der Waals surface area contributed by atoms with Gasteiger partial charge in [0.1, 0.15) is 0 Å². The van der Waals surface area contributed by atoms with E-state index in [1.54, 1.807) is 24.3 Å². The second-order valence-electron chi connectivity index (χ2n) is 3.38. The summed E-state index contributed by atoms with van der Waals surface area (Å²) >= 11 is 5.78. The predicted octanol–water partition coefficient (Wildman–Crippen LogP) is 2.76. The largest absolute Gasteiger partial charge is 0.352 e. The molecule has 4 heteroatoms. The molecule has 0 fully saturated rings. The van der Waals surface area contributed by atoms with Gasteiger partial charge >= 0.3 is 0 Å². The zero-order chi connectivity index (χ0) is 11.8. The molecule has 0 atom stereocenters. The van der Waals surface area contributed by atoms with Gasteiger partial charge in [-0.25, -0.2) is 0 Å². The monoisotopic (exact) mass is 236 g/mol. The summed E-state index contributed by atoms with van der Waals surface area (Å²) in [6.45, 7) is 0.590. The lowest BCUT2D eigenvalue weighted by molar-refractivity contribution is 0.0953. The van der Waals surface area contributed by atoms with Crippen LogP contribution in [0.5, 0.6) is 0 Å². The Labute approximate surface area is 100 Å². The molecule has 0 aliphatic rings.